The van der Waals surface area contributed by atoms with Gasteiger partial charge < -0.3 is 16.0 Å². The van der Waals surface area contributed by atoms with Crippen LogP contribution in [0.15, 0.2) is 18.3 Å². The lowest BCUT2D eigenvalue weighted by atomic mass is 9.98. The van der Waals surface area contributed by atoms with Crippen LogP contribution in [0, 0.1) is 5.92 Å². The fourth-order valence-corrected chi connectivity index (χ4v) is 2.80. The fourth-order valence-electron chi connectivity index (χ4n) is 2.80. The van der Waals surface area contributed by atoms with Gasteiger partial charge in [0.25, 0.3) is 0 Å². The highest BCUT2D eigenvalue weighted by atomic mass is 35.5. The molecule has 1 amide bonds. The summed E-state index contributed by atoms with van der Waals surface area (Å²) < 4.78 is 37.7. The maximum atomic E-state index is 12.6. The van der Waals surface area contributed by atoms with Gasteiger partial charge >= 0.3 is 6.18 Å². The van der Waals surface area contributed by atoms with Gasteiger partial charge in [-0.25, -0.2) is 4.98 Å². The summed E-state index contributed by atoms with van der Waals surface area (Å²) in [7, 11) is 0. The number of halogens is 4. The summed E-state index contributed by atoms with van der Waals surface area (Å²) in [5.41, 5.74) is 5.18. The quantitative estimate of drug-likeness (QED) is 0.805. The van der Waals surface area contributed by atoms with Gasteiger partial charge in [-0.05, 0) is 30.9 Å². The van der Waals surface area contributed by atoms with E-state index in [9.17, 15) is 18.0 Å². The van der Waals surface area contributed by atoms with Gasteiger partial charge in [-0.2, -0.15) is 13.2 Å². The molecule has 1 aromatic rings. The Hall–Kier alpha value is -1.54. The number of nitrogens with one attached hydrogen (secondary N) is 1. The van der Waals surface area contributed by atoms with Crippen LogP contribution in [0.3, 0.4) is 0 Å². The van der Waals surface area contributed by atoms with Crippen molar-refractivity contribution in [3.63, 3.8) is 0 Å². The molecule has 148 valence electrons. The van der Waals surface area contributed by atoms with Crippen molar-refractivity contribution in [2.75, 3.05) is 18.0 Å². The molecule has 1 saturated heterocycles. The summed E-state index contributed by atoms with van der Waals surface area (Å²) in [6.07, 6.45) is -1.26. The molecule has 3 N–H and O–H groups in total. The minimum Gasteiger partial charge on any atom is -0.356 e. The molecule has 9 heteroatoms. The molecule has 0 bridgehead atoms. The minimum absolute atomic E-state index is 0. The highest BCUT2D eigenvalue weighted by Crippen LogP contribution is 2.29. The number of nitrogens with two attached hydrogens (primary N) is 1. The van der Waals surface area contributed by atoms with Crippen LogP contribution in [0.2, 0.25) is 0 Å². The van der Waals surface area contributed by atoms with Gasteiger partial charge in [0, 0.05) is 25.3 Å². The second kappa shape index (κ2) is 9.41. The fraction of sp³-hybridized carbons (Fsp3) is 0.647. The maximum Gasteiger partial charge on any atom is 0.417 e. The summed E-state index contributed by atoms with van der Waals surface area (Å²) in [6.45, 7) is 5.19. The molecule has 0 aliphatic carbocycles. The molecule has 1 aromatic heterocycles. The first-order valence-corrected chi connectivity index (χ1v) is 8.56. The van der Waals surface area contributed by atoms with Crippen LogP contribution < -0.4 is 16.0 Å². The molecule has 1 fully saturated rings. The van der Waals surface area contributed by atoms with Gasteiger partial charge in [0.1, 0.15) is 5.82 Å². The van der Waals surface area contributed by atoms with E-state index in [1.165, 1.54) is 6.07 Å². The topological polar surface area (TPSA) is 71.2 Å². The molecule has 2 unspecified atom stereocenters. The number of carbonyl (C=O) groups excluding carboxylic acids is 1. The number of anilines is 1. The number of hydrogen-bond donors (Lipinski definition) is 2. The minimum atomic E-state index is -4.38. The Bertz CT molecular complexity index is 574. The lowest BCUT2D eigenvalue weighted by molar-refractivity contribution is -0.137. The Morgan fingerprint density at radius 1 is 1.38 bits per heavy atom. The van der Waals surface area contributed by atoms with Crippen LogP contribution >= 0.6 is 12.4 Å². The number of hydrogen-bond acceptors (Lipinski definition) is 4. The number of alkyl halides is 3. The average Bonchev–Trinajstić information content (AvgIpc) is 2.60. The predicted octanol–water partition coefficient (Wildman–Crippen LogP) is 2.98. The molecule has 2 atom stereocenters. The van der Waals surface area contributed by atoms with Crippen molar-refractivity contribution in [2.45, 2.75) is 51.4 Å². The van der Waals surface area contributed by atoms with Crippen LogP contribution in [-0.2, 0) is 11.0 Å². The molecular weight excluding hydrogens is 369 g/mol. The molecule has 1 aliphatic heterocycles. The SMILES string of the molecule is CCC(C)C(N)C(=O)NC1CCN(c2ccc(C(F)(F)F)cn2)CC1.Cl. The van der Waals surface area contributed by atoms with Crippen molar-refractivity contribution >= 4 is 24.1 Å². The van der Waals surface area contributed by atoms with E-state index < -0.39 is 17.8 Å². The molecule has 26 heavy (non-hydrogen) atoms. The van der Waals surface area contributed by atoms with E-state index in [1.807, 2.05) is 18.7 Å². The van der Waals surface area contributed by atoms with Crippen molar-refractivity contribution < 1.29 is 18.0 Å². The number of piperidine rings is 1. The van der Waals surface area contributed by atoms with E-state index in [0.29, 0.717) is 31.7 Å². The summed E-state index contributed by atoms with van der Waals surface area (Å²) in [4.78, 5) is 18.0. The van der Waals surface area contributed by atoms with Crippen LogP contribution in [0.25, 0.3) is 0 Å². The van der Waals surface area contributed by atoms with Gasteiger partial charge in [-0.1, -0.05) is 20.3 Å². The molecule has 0 radical (unpaired) electrons. The molecule has 5 nitrogen and oxygen atoms in total. The van der Waals surface area contributed by atoms with E-state index in [1.54, 1.807) is 0 Å². The highest BCUT2D eigenvalue weighted by molar-refractivity contribution is 5.85. The second-order valence-electron chi connectivity index (χ2n) is 6.58. The summed E-state index contributed by atoms with van der Waals surface area (Å²) in [5, 5.41) is 2.98. The number of carbonyl (C=O) groups is 1. The molecule has 2 heterocycles. The zero-order chi connectivity index (χ0) is 18.6. The summed E-state index contributed by atoms with van der Waals surface area (Å²) >= 11 is 0. The van der Waals surface area contributed by atoms with Gasteiger partial charge in [0.15, 0.2) is 0 Å². The highest BCUT2D eigenvalue weighted by Gasteiger charge is 2.31. The maximum absolute atomic E-state index is 12.6. The molecule has 2 rings (SSSR count). The normalized spacial score (nSPS) is 18.0. The smallest absolute Gasteiger partial charge is 0.356 e. The van der Waals surface area contributed by atoms with E-state index in [4.69, 9.17) is 5.73 Å². The zero-order valence-corrected chi connectivity index (χ0v) is 15.7. The molecule has 0 saturated carbocycles. The molecular formula is C17H26ClF3N4O. The monoisotopic (exact) mass is 394 g/mol. The zero-order valence-electron chi connectivity index (χ0n) is 14.9. The van der Waals surface area contributed by atoms with E-state index >= 15 is 0 Å². The van der Waals surface area contributed by atoms with Crippen molar-refractivity contribution in [1.82, 2.24) is 10.3 Å². The summed E-state index contributed by atoms with van der Waals surface area (Å²) in [5.74, 6) is 0.506. The largest absolute Gasteiger partial charge is 0.417 e. The van der Waals surface area contributed by atoms with Crippen molar-refractivity contribution in [3.8, 4) is 0 Å². The molecule has 0 spiro atoms. The average molecular weight is 395 g/mol. The van der Waals surface area contributed by atoms with Crippen molar-refractivity contribution in [2.24, 2.45) is 11.7 Å². The van der Waals surface area contributed by atoms with E-state index in [-0.39, 0.29) is 30.3 Å². The number of rotatable bonds is 5. The Morgan fingerprint density at radius 2 is 2.00 bits per heavy atom. The van der Waals surface area contributed by atoms with Crippen LogP contribution in [0.1, 0.15) is 38.7 Å². The Kier molecular flexibility index (Phi) is 8.15. The second-order valence-corrected chi connectivity index (χ2v) is 6.58. The lowest BCUT2D eigenvalue weighted by Crippen LogP contribution is -2.51. The Labute approximate surface area is 157 Å². The van der Waals surface area contributed by atoms with E-state index in [2.05, 4.69) is 10.3 Å². The molecule has 0 aromatic carbocycles. The number of nitrogens with zero attached hydrogens (tertiary/aromatic N) is 2. The lowest BCUT2D eigenvalue weighted by Gasteiger charge is -2.34. The van der Waals surface area contributed by atoms with Crippen LogP contribution in [0.5, 0.6) is 0 Å². The van der Waals surface area contributed by atoms with Crippen LogP contribution in [-0.4, -0.2) is 36.1 Å². The number of aromatic nitrogens is 1. The third-order valence-corrected chi connectivity index (χ3v) is 4.80. The third-order valence-electron chi connectivity index (χ3n) is 4.80. The third kappa shape index (κ3) is 5.74. The van der Waals surface area contributed by atoms with Gasteiger partial charge in [-0.15, -0.1) is 12.4 Å². The molecule has 1 aliphatic rings. The van der Waals surface area contributed by atoms with Gasteiger partial charge in [0.2, 0.25) is 5.91 Å². The Balaban J connectivity index is 0.00000338. The van der Waals surface area contributed by atoms with Crippen LogP contribution in [0.4, 0.5) is 19.0 Å². The first kappa shape index (κ1) is 22.5. The van der Waals surface area contributed by atoms with Gasteiger partial charge in [0.05, 0.1) is 11.6 Å². The standard InChI is InChI=1S/C17H25F3N4O.ClH/c1-3-11(2)15(21)16(25)23-13-6-8-24(9-7-13)14-5-4-12(10-22-14)17(18,19)20;/h4-5,10-11,13,15H,3,6-9,21H2,1-2H3,(H,23,25);1H. The van der Waals surface area contributed by atoms with Crippen molar-refractivity contribution in [3.05, 3.63) is 23.9 Å². The number of pyridine rings is 1. The first-order chi connectivity index (χ1) is 11.7. The van der Waals surface area contributed by atoms with E-state index in [0.717, 1.165) is 18.7 Å². The van der Waals surface area contributed by atoms with Crippen molar-refractivity contribution in [1.29, 1.82) is 0 Å². The Morgan fingerprint density at radius 3 is 2.46 bits per heavy atom. The first-order valence-electron chi connectivity index (χ1n) is 8.56. The predicted molar refractivity (Wildman–Crippen MR) is 97.3 cm³/mol. The summed E-state index contributed by atoms with van der Waals surface area (Å²) in [6, 6.07) is 1.95. The van der Waals surface area contributed by atoms with Gasteiger partial charge in [-0.3, -0.25) is 4.79 Å². The number of amides is 1.